The van der Waals surface area contributed by atoms with Gasteiger partial charge in [0, 0.05) is 11.1 Å². The highest BCUT2D eigenvalue weighted by molar-refractivity contribution is 7.11. The van der Waals surface area contributed by atoms with Crippen LogP contribution < -0.4 is 5.32 Å². The lowest BCUT2D eigenvalue weighted by Crippen LogP contribution is -2.21. The van der Waals surface area contributed by atoms with Crippen LogP contribution in [0.3, 0.4) is 0 Å². The van der Waals surface area contributed by atoms with Crippen LogP contribution in [0.15, 0.2) is 24.4 Å². The van der Waals surface area contributed by atoms with E-state index in [1.807, 2.05) is 25.3 Å². The highest BCUT2D eigenvalue weighted by atomic mass is 35.5. The van der Waals surface area contributed by atoms with Gasteiger partial charge in [0.25, 0.3) is 0 Å². The van der Waals surface area contributed by atoms with Crippen LogP contribution in [0.2, 0.25) is 10.0 Å². The van der Waals surface area contributed by atoms with E-state index < -0.39 is 0 Å². The molecule has 5 heteroatoms. The van der Waals surface area contributed by atoms with Gasteiger partial charge in [0.2, 0.25) is 0 Å². The second-order valence-electron chi connectivity index (χ2n) is 3.92. The van der Waals surface area contributed by atoms with Crippen LogP contribution >= 0.6 is 34.5 Å². The summed E-state index contributed by atoms with van der Waals surface area (Å²) in [6, 6.07) is 5.76. The summed E-state index contributed by atoms with van der Waals surface area (Å²) in [5.41, 5.74) is 0.995. The number of nitrogens with zero attached hydrogens (tertiary/aromatic N) is 1. The van der Waals surface area contributed by atoms with Crippen LogP contribution in [0.4, 0.5) is 0 Å². The zero-order valence-corrected chi connectivity index (χ0v) is 12.5. The summed E-state index contributed by atoms with van der Waals surface area (Å²) in [6.45, 7) is 4.92. The minimum atomic E-state index is 0.0485. The maximum absolute atomic E-state index is 6.29. The third kappa shape index (κ3) is 2.86. The molecule has 1 aromatic carbocycles. The molecule has 96 valence electrons. The van der Waals surface area contributed by atoms with Crippen molar-refractivity contribution in [2.45, 2.75) is 19.9 Å². The van der Waals surface area contributed by atoms with E-state index in [4.69, 9.17) is 23.2 Å². The number of halogens is 2. The van der Waals surface area contributed by atoms with Crippen LogP contribution in [0.1, 0.15) is 28.4 Å². The Morgan fingerprint density at radius 3 is 2.78 bits per heavy atom. The smallest absolute Gasteiger partial charge is 0.0897 e. The summed E-state index contributed by atoms with van der Waals surface area (Å²) in [5.74, 6) is 0. The van der Waals surface area contributed by atoms with Gasteiger partial charge < -0.3 is 5.32 Å². The highest BCUT2D eigenvalue weighted by Crippen LogP contribution is 2.34. The van der Waals surface area contributed by atoms with E-state index in [0.717, 1.165) is 22.0 Å². The molecule has 1 N–H and O–H groups in total. The van der Waals surface area contributed by atoms with E-state index in [1.54, 1.807) is 17.4 Å². The third-order valence-electron chi connectivity index (χ3n) is 2.62. The minimum Gasteiger partial charge on any atom is -0.306 e. The average Bonchev–Trinajstić information content (AvgIpc) is 2.77. The molecule has 1 aromatic heterocycles. The van der Waals surface area contributed by atoms with Gasteiger partial charge in [-0.25, -0.2) is 4.98 Å². The van der Waals surface area contributed by atoms with E-state index in [-0.39, 0.29) is 6.04 Å². The lowest BCUT2D eigenvalue weighted by atomic mass is 10.1. The van der Waals surface area contributed by atoms with Gasteiger partial charge in [0.1, 0.15) is 0 Å². The SMILES string of the molecule is CCNC(c1cnc(C)s1)c1cccc(Cl)c1Cl. The maximum atomic E-state index is 6.29. The van der Waals surface area contributed by atoms with Gasteiger partial charge in [-0.2, -0.15) is 0 Å². The highest BCUT2D eigenvalue weighted by Gasteiger charge is 2.19. The molecule has 0 saturated carbocycles. The molecule has 0 fully saturated rings. The maximum Gasteiger partial charge on any atom is 0.0897 e. The lowest BCUT2D eigenvalue weighted by Gasteiger charge is -2.18. The monoisotopic (exact) mass is 300 g/mol. The van der Waals surface area contributed by atoms with Gasteiger partial charge in [-0.1, -0.05) is 42.3 Å². The Morgan fingerprint density at radius 1 is 1.39 bits per heavy atom. The number of hydrogen-bond acceptors (Lipinski definition) is 3. The fraction of sp³-hybridized carbons (Fsp3) is 0.308. The van der Waals surface area contributed by atoms with E-state index in [9.17, 15) is 0 Å². The van der Waals surface area contributed by atoms with Crippen LogP contribution in [-0.2, 0) is 0 Å². The van der Waals surface area contributed by atoms with Crippen LogP contribution in [0.25, 0.3) is 0 Å². The molecule has 1 heterocycles. The lowest BCUT2D eigenvalue weighted by molar-refractivity contribution is 0.639. The number of aryl methyl sites for hydroxylation is 1. The molecule has 0 spiro atoms. The molecule has 1 atom stereocenters. The van der Waals surface area contributed by atoms with Gasteiger partial charge in [-0.05, 0) is 25.1 Å². The molecule has 0 aliphatic heterocycles. The molecule has 0 aliphatic carbocycles. The summed E-state index contributed by atoms with van der Waals surface area (Å²) < 4.78 is 0. The van der Waals surface area contributed by atoms with Crippen molar-refractivity contribution in [1.82, 2.24) is 10.3 Å². The second-order valence-corrected chi connectivity index (χ2v) is 5.97. The molecular formula is C13H14Cl2N2S. The Labute approximate surface area is 121 Å². The fourth-order valence-electron chi connectivity index (χ4n) is 1.82. The molecule has 1 unspecified atom stereocenters. The van der Waals surface area contributed by atoms with Crippen LogP contribution in [0, 0.1) is 6.92 Å². The standard InChI is InChI=1S/C13H14Cl2N2S/c1-3-16-13(11-7-17-8(2)18-11)9-5-4-6-10(14)12(9)15/h4-7,13,16H,3H2,1-2H3. The summed E-state index contributed by atoms with van der Waals surface area (Å²) in [4.78, 5) is 5.45. The van der Waals surface area contributed by atoms with Crippen LogP contribution in [0.5, 0.6) is 0 Å². The molecule has 0 amide bonds. The molecule has 0 aliphatic rings. The van der Waals surface area contributed by atoms with Crippen molar-refractivity contribution in [3.8, 4) is 0 Å². The summed E-state index contributed by atoms with van der Waals surface area (Å²) in [7, 11) is 0. The van der Waals surface area contributed by atoms with Crippen molar-refractivity contribution in [3.05, 3.63) is 49.9 Å². The van der Waals surface area contributed by atoms with Gasteiger partial charge >= 0.3 is 0 Å². The molecule has 0 saturated heterocycles. The van der Waals surface area contributed by atoms with Gasteiger partial charge in [-0.3, -0.25) is 0 Å². The zero-order chi connectivity index (χ0) is 13.1. The first-order valence-corrected chi connectivity index (χ1v) is 7.30. The molecule has 0 radical (unpaired) electrons. The third-order valence-corrected chi connectivity index (χ3v) is 4.44. The Morgan fingerprint density at radius 2 is 2.17 bits per heavy atom. The molecular weight excluding hydrogens is 287 g/mol. The largest absolute Gasteiger partial charge is 0.306 e. The summed E-state index contributed by atoms with van der Waals surface area (Å²) in [5, 5.41) is 5.66. The normalized spacial score (nSPS) is 12.7. The average molecular weight is 301 g/mol. The van der Waals surface area contributed by atoms with Crippen LogP contribution in [-0.4, -0.2) is 11.5 Å². The van der Waals surface area contributed by atoms with E-state index in [1.165, 1.54) is 0 Å². The summed E-state index contributed by atoms with van der Waals surface area (Å²) >= 11 is 14.0. The Kier molecular flexibility index (Phi) is 4.62. The van der Waals surface area contributed by atoms with Crippen molar-refractivity contribution in [2.24, 2.45) is 0 Å². The van der Waals surface area contributed by atoms with Crippen molar-refractivity contribution >= 4 is 34.5 Å². The van der Waals surface area contributed by atoms with E-state index in [0.29, 0.717) is 10.0 Å². The first-order valence-electron chi connectivity index (χ1n) is 5.73. The van der Waals surface area contributed by atoms with E-state index >= 15 is 0 Å². The predicted octanol–water partition coefficient (Wildman–Crippen LogP) is 4.46. The molecule has 2 nitrogen and oxygen atoms in total. The Bertz CT molecular complexity index is 540. The van der Waals surface area contributed by atoms with Crippen molar-refractivity contribution in [2.75, 3.05) is 6.54 Å². The van der Waals surface area contributed by atoms with Gasteiger partial charge in [0.05, 0.1) is 21.1 Å². The Hall–Kier alpha value is -0.610. The van der Waals surface area contributed by atoms with E-state index in [2.05, 4.69) is 17.2 Å². The molecule has 0 bridgehead atoms. The number of thiazole rings is 1. The molecule has 18 heavy (non-hydrogen) atoms. The number of benzene rings is 1. The fourth-order valence-corrected chi connectivity index (χ4v) is 3.12. The number of hydrogen-bond donors (Lipinski definition) is 1. The van der Waals surface area contributed by atoms with Crippen molar-refractivity contribution in [3.63, 3.8) is 0 Å². The summed E-state index contributed by atoms with van der Waals surface area (Å²) in [6.07, 6.45) is 1.89. The Balaban J connectivity index is 2.44. The zero-order valence-electron chi connectivity index (χ0n) is 10.2. The quantitative estimate of drug-likeness (QED) is 0.902. The first kappa shape index (κ1) is 13.8. The van der Waals surface area contributed by atoms with Crippen molar-refractivity contribution < 1.29 is 0 Å². The second kappa shape index (κ2) is 6.02. The minimum absolute atomic E-state index is 0.0485. The molecule has 2 aromatic rings. The number of aromatic nitrogens is 1. The van der Waals surface area contributed by atoms with Gasteiger partial charge in [-0.15, -0.1) is 11.3 Å². The number of nitrogens with one attached hydrogen (secondary N) is 1. The van der Waals surface area contributed by atoms with Gasteiger partial charge in [0.15, 0.2) is 0 Å². The topological polar surface area (TPSA) is 24.9 Å². The van der Waals surface area contributed by atoms with Crippen molar-refractivity contribution in [1.29, 1.82) is 0 Å². The first-order chi connectivity index (χ1) is 8.63. The predicted molar refractivity (Wildman–Crippen MR) is 78.8 cm³/mol. The molecule has 2 rings (SSSR count). The number of rotatable bonds is 4.